The molecule has 0 aromatic heterocycles. The van der Waals surface area contributed by atoms with E-state index in [0.717, 1.165) is 90.8 Å². The maximum atomic E-state index is 10.2. The van der Waals surface area contributed by atoms with Gasteiger partial charge in [-0.25, -0.2) is 0 Å². The molecule has 1 N–H and O–H groups in total. The van der Waals surface area contributed by atoms with Crippen LogP contribution < -0.4 is 4.74 Å². The zero-order chi connectivity index (χ0) is 20.8. The molecule has 0 amide bonds. The topological polar surface area (TPSA) is 48.4 Å². The number of benzene rings is 1. The standard InChI is InChI=1S/C24H39N3O3/c1-25-19-22(28)17-24(20-25)7-10-27(11-8-24)18-21-3-5-23(6-4-21)30-14-2-9-26-12-15-29-16-13-26/h3-6,22,28H,2,7-20H2,1H3. The van der Waals surface area contributed by atoms with E-state index in [9.17, 15) is 5.11 Å². The first kappa shape index (κ1) is 22.0. The average Bonchev–Trinajstić information content (AvgIpc) is 2.74. The van der Waals surface area contributed by atoms with E-state index in [1.807, 2.05) is 0 Å². The van der Waals surface area contributed by atoms with Gasteiger partial charge in [0, 0.05) is 39.3 Å². The predicted molar refractivity (Wildman–Crippen MR) is 119 cm³/mol. The number of morpholine rings is 1. The number of rotatable bonds is 7. The maximum absolute atomic E-state index is 10.2. The van der Waals surface area contributed by atoms with Crippen molar-refractivity contribution in [2.24, 2.45) is 5.41 Å². The highest BCUT2D eigenvalue weighted by Crippen LogP contribution is 2.39. The molecule has 3 fully saturated rings. The van der Waals surface area contributed by atoms with Gasteiger partial charge in [0.1, 0.15) is 5.75 Å². The smallest absolute Gasteiger partial charge is 0.119 e. The van der Waals surface area contributed by atoms with E-state index in [2.05, 4.69) is 46.0 Å². The Bertz CT molecular complexity index is 628. The first-order valence-corrected chi connectivity index (χ1v) is 11.7. The fraction of sp³-hybridized carbons (Fsp3) is 0.750. The molecule has 6 heteroatoms. The van der Waals surface area contributed by atoms with Crippen LogP contribution in [0.4, 0.5) is 0 Å². The van der Waals surface area contributed by atoms with Crippen molar-refractivity contribution in [3.8, 4) is 5.75 Å². The van der Waals surface area contributed by atoms with E-state index in [1.165, 1.54) is 18.4 Å². The molecule has 0 radical (unpaired) electrons. The van der Waals surface area contributed by atoms with E-state index < -0.39 is 0 Å². The van der Waals surface area contributed by atoms with Gasteiger partial charge in [-0.1, -0.05) is 12.1 Å². The van der Waals surface area contributed by atoms with Crippen molar-refractivity contribution in [2.75, 3.05) is 72.7 Å². The molecule has 0 aliphatic carbocycles. The number of aliphatic hydroxyl groups is 1. The van der Waals surface area contributed by atoms with Gasteiger partial charge in [-0.15, -0.1) is 0 Å². The minimum Gasteiger partial charge on any atom is -0.494 e. The number of hydrogen-bond donors (Lipinski definition) is 1. The van der Waals surface area contributed by atoms with E-state index in [-0.39, 0.29) is 6.10 Å². The van der Waals surface area contributed by atoms with Gasteiger partial charge in [-0.3, -0.25) is 9.80 Å². The number of nitrogens with zero attached hydrogens (tertiary/aromatic N) is 3. The number of aliphatic hydroxyl groups excluding tert-OH is 1. The summed E-state index contributed by atoms with van der Waals surface area (Å²) in [7, 11) is 2.14. The van der Waals surface area contributed by atoms with Gasteiger partial charge in [-0.05, 0) is 68.9 Å². The Morgan fingerprint density at radius 1 is 1.07 bits per heavy atom. The van der Waals surface area contributed by atoms with Gasteiger partial charge in [0.2, 0.25) is 0 Å². The highest BCUT2D eigenvalue weighted by molar-refractivity contribution is 5.27. The number of hydrogen-bond acceptors (Lipinski definition) is 6. The van der Waals surface area contributed by atoms with Crippen molar-refractivity contribution < 1.29 is 14.6 Å². The number of likely N-dealkylation sites (N-methyl/N-ethyl adjacent to an activating group) is 1. The van der Waals surface area contributed by atoms with Crippen LogP contribution in [0.3, 0.4) is 0 Å². The van der Waals surface area contributed by atoms with Gasteiger partial charge >= 0.3 is 0 Å². The second-order valence-electron chi connectivity index (χ2n) is 9.63. The van der Waals surface area contributed by atoms with E-state index in [0.29, 0.717) is 5.41 Å². The van der Waals surface area contributed by atoms with Crippen LogP contribution in [0.25, 0.3) is 0 Å². The van der Waals surface area contributed by atoms with Crippen LogP contribution in [0.5, 0.6) is 5.75 Å². The zero-order valence-electron chi connectivity index (χ0n) is 18.6. The molecule has 3 heterocycles. The molecule has 1 atom stereocenters. The molecular formula is C24H39N3O3. The minimum absolute atomic E-state index is 0.156. The van der Waals surface area contributed by atoms with Gasteiger partial charge in [-0.2, -0.15) is 0 Å². The molecule has 1 aromatic rings. The normalized spacial score (nSPS) is 26.1. The molecule has 3 aliphatic heterocycles. The van der Waals surface area contributed by atoms with E-state index >= 15 is 0 Å². The van der Waals surface area contributed by atoms with Crippen molar-refractivity contribution in [3.05, 3.63) is 29.8 Å². The first-order chi connectivity index (χ1) is 14.6. The van der Waals surface area contributed by atoms with Crippen LogP contribution >= 0.6 is 0 Å². The van der Waals surface area contributed by atoms with Gasteiger partial charge < -0.3 is 19.5 Å². The summed E-state index contributed by atoms with van der Waals surface area (Å²) in [6.07, 6.45) is 4.26. The number of piperidine rings is 2. The highest BCUT2D eigenvalue weighted by Gasteiger charge is 2.40. The Hall–Kier alpha value is -1.18. The second kappa shape index (κ2) is 10.4. The van der Waals surface area contributed by atoms with Crippen LogP contribution in [0, 0.1) is 5.41 Å². The fourth-order valence-corrected chi connectivity index (χ4v) is 5.43. The molecule has 30 heavy (non-hydrogen) atoms. The minimum atomic E-state index is -0.156. The molecule has 1 aromatic carbocycles. The van der Waals surface area contributed by atoms with Crippen LogP contribution in [-0.4, -0.2) is 98.6 Å². The number of ether oxygens (including phenoxy) is 2. The fourth-order valence-electron chi connectivity index (χ4n) is 5.43. The Morgan fingerprint density at radius 3 is 2.50 bits per heavy atom. The molecule has 3 aliphatic rings. The van der Waals surface area contributed by atoms with E-state index in [4.69, 9.17) is 9.47 Å². The zero-order valence-corrected chi connectivity index (χ0v) is 18.6. The molecule has 168 valence electrons. The van der Waals surface area contributed by atoms with Gasteiger partial charge in [0.15, 0.2) is 0 Å². The predicted octanol–water partition coefficient (Wildman–Crippen LogP) is 2.07. The third-order valence-corrected chi connectivity index (χ3v) is 7.03. The monoisotopic (exact) mass is 417 g/mol. The molecule has 3 saturated heterocycles. The molecule has 6 nitrogen and oxygen atoms in total. The van der Waals surface area contributed by atoms with Gasteiger partial charge in [0.25, 0.3) is 0 Å². The molecule has 4 rings (SSSR count). The third-order valence-electron chi connectivity index (χ3n) is 7.03. The van der Waals surface area contributed by atoms with Crippen molar-refractivity contribution in [1.29, 1.82) is 0 Å². The first-order valence-electron chi connectivity index (χ1n) is 11.7. The summed E-state index contributed by atoms with van der Waals surface area (Å²) in [5.74, 6) is 0.970. The van der Waals surface area contributed by atoms with E-state index in [1.54, 1.807) is 0 Å². The summed E-state index contributed by atoms with van der Waals surface area (Å²) < 4.78 is 11.3. The molecule has 1 unspecified atom stereocenters. The average molecular weight is 418 g/mol. The maximum Gasteiger partial charge on any atom is 0.119 e. The summed E-state index contributed by atoms with van der Waals surface area (Å²) in [4.78, 5) is 7.32. The lowest BCUT2D eigenvalue weighted by atomic mass is 9.71. The SMILES string of the molecule is CN1CC(O)CC2(CCN(Cc3ccc(OCCCN4CCOCC4)cc3)CC2)C1. The molecule has 1 spiro atoms. The lowest BCUT2D eigenvalue weighted by molar-refractivity contribution is -0.0331. The second-order valence-corrected chi connectivity index (χ2v) is 9.63. The quantitative estimate of drug-likeness (QED) is 0.686. The molecular weight excluding hydrogens is 378 g/mol. The van der Waals surface area contributed by atoms with Crippen molar-refractivity contribution in [2.45, 2.75) is 38.3 Å². The molecule has 0 bridgehead atoms. The van der Waals surface area contributed by atoms with Crippen LogP contribution in [0.15, 0.2) is 24.3 Å². The van der Waals surface area contributed by atoms with Crippen molar-refractivity contribution in [3.63, 3.8) is 0 Å². The number of likely N-dealkylation sites (tertiary alicyclic amines) is 2. The lowest BCUT2D eigenvalue weighted by Crippen LogP contribution is -2.52. The van der Waals surface area contributed by atoms with Crippen molar-refractivity contribution >= 4 is 0 Å². The third kappa shape index (κ3) is 6.17. The van der Waals surface area contributed by atoms with Crippen molar-refractivity contribution in [1.82, 2.24) is 14.7 Å². The summed E-state index contributed by atoms with van der Waals surface area (Å²) in [6, 6.07) is 8.64. The van der Waals surface area contributed by atoms with Crippen LogP contribution in [-0.2, 0) is 11.3 Å². The highest BCUT2D eigenvalue weighted by atomic mass is 16.5. The van der Waals surface area contributed by atoms with Crippen LogP contribution in [0.1, 0.15) is 31.2 Å². The largest absolute Gasteiger partial charge is 0.494 e. The Labute approximate surface area is 181 Å². The lowest BCUT2D eigenvalue weighted by Gasteiger charge is -2.48. The molecule has 0 saturated carbocycles. The summed E-state index contributed by atoms with van der Waals surface area (Å²) in [5, 5.41) is 10.2. The summed E-state index contributed by atoms with van der Waals surface area (Å²) >= 11 is 0. The Morgan fingerprint density at radius 2 is 1.80 bits per heavy atom. The Kier molecular flexibility index (Phi) is 7.65. The van der Waals surface area contributed by atoms with Gasteiger partial charge in [0.05, 0.1) is 25.9 Å². The van der Waals surface area contributed by atoms with Crippen LogP contribution in [0.2, 0.25) is 0 Å². The summed E-state index contributed by atoms with van der Waals surface area (Å²) in [5.41, 5.74) is 1.68. The Balaban J connectivity index is 1.16. The summed E-state index contributed by atoms with van der Waals surface area (Å²) in [6.45, 7) is 10.9. The number of β-amino-alcohol motifs (C(OH)–C–C–N with tert-alkyl or cyclic N) is 1.